The third kappa shape index (κ3) is 3.18. The van der Waals surface area contributed by atoms with E-state index in [0.717, 1.165) is 16.5 Å². The lowest BCUT2D eigenvalue weighted by molar-refractivity contribution is -0.121. The molecule has 1 heterocycles. The minimum Gasteiger partial charge on any atom is -0.293 e. The Bertz CT molecular complexity index is 823. The number of hydrogen-bond donors (Lipinski definition) is 0. The maximum atomic E-state index is 12.3. The summed E-state index contributed by atoms with van der Waals surface area (Å²) in [6.07, 6.45) is 1.52. The van der Waals surface area contributed by atoms with E-state index < -0.39 is 5.41 Å². The van der Waals surface area contributed by atoms with Gasteiger partial charge in [0.15, 0.2) is 5.78 Å². The zero-order valence-corrected chi connectivity index (χ0v) is 13.8. The second kappa shape index (κ2) is 5.90. The molecule has 0 aliphatic rings. The molecule has 0 fully saturated rings. The van der Waals surface area contributed by atoms with Crippen LogP contribution in [0.2, 0.25) is 5.15 Å². The number of carbonyl (C=O) groups excluding carboxylic acids is 1. The summed E-state index contributed by atoms with van der Waals surface area (Å²) in [7, 11) is 0. The van der Waals surface area contributed by atoms with E-state index in [1.807, 2.05) is 37.3 Å². The Morgan fingerprint density at radius 3 is 2.64 bits per heavy atom. The number of aryl methyl sites for hydroxylation is 1. The monoisotopic (exact) mass is 312 g/mol. The van der Waals surface area contributed by atoms with Crippen molar-refractivity contribution >= 4 is 34.4 Å². The molecule has 0 atom stereocenters. The third-order valence-corrected chi connectivity index (χ3v) is 3.68. The van der Waals surface area contributed by atoms with Crippen LogP contribution >= 0.6 is 11.6 Å². The molecular formula is C18H17ClN2O. The van der Waals surface area contributed by atoms with Gasteiger partial charge in [0.1, 0.15) is 11.2 Å². The van der Waals surface area contributed by atoms with E-state index >= 15 is 0 Å². The molecular weight excluding hydrogens is 296 g/mol. The summed E-state index contributed by atoms with van der Waals surface area (Å²) in [5.41, 5.74) is 1.90. The molecule has 0 radical (unpaired) electrons. The molecule has 0 bridgehead atoms. The number of nitrogens with zero attached hydrogens (tertiary/aromatic N) is 2. The van der Waals surface area contributed by atoms with Gasteiger partial charge in [-0.15, -0.1) is 0 Å². The van der Waals surface area contributed by atoms with E-state index in [1.54, 1.807) is 20.8 Å². The van der Waals surface area contributed by atoms with Gasteiger partial charge in [-0.1, -0.05) is 50.6 Å². The molecule has 22 heavy (non-hydrogen) atoms. The Hall–Kier alpha value is -2.18. The van der Waals surface area contributed by atoms with Crippen molar-refractivity contribution in [1.82, 2.24) is 4.98 Å². The van der Waals surface area contributed by atoms with Crippen molar-refractivity contribution in [3.05, 3.63) is 46.1 Å². The smallest absolute Gasteiger partial charge is 0.178 e. The number of ketones is 1. The van der Waals surface area contributed by atoms with Crippen LogP contribution in [0, 0.1) is 23.7 Å². The second-order valence-electron chi connectivity index (χ2n) is 6.26. The van der Waals surface area contributed by atoms with E-state index in [1.165, 1.54) is 6.08 Å². The summed E-state index contributed by atoms with van der Waals surface area (Å²) in [5.74, 6) is -0.213. The minimum atomic E-state index is -0.616. The lowest BCUT2D eigenvalue weighted by Crippen LogP contribution is -2.21. The van der Waals surface area contributed by atoms with Gasteiger partial charge in [0.25, 0.3) is 0 Å². The molecule has 3 nitrogen and oxygen atoms in total. The number of halogens is 1. The lowest BCUT2D eigenvalue weighted by Gasteiger charge is -2.15. The van der Waals surface area contributed by atoms with Crippen molar-refractivity contribution in [2.75, 3.05) is 0 Å². The highest BCUT2D eigenvalue weighted by molar-refractivity contribution is 6.31. The Morgan fingerprint density at radius 1 is 1.36 bits per heavy atom. The van der Waals surface area contributed by atoms with Gasteiger partial charge >= 0.3 is 0 Å². The number of hydrogen-bond acceptors (Lipinski definition) is 3. The Balaban J connectivity index is 2.60. The quantitative estimate of drug-likeness (QED) is 0.458. The fourth-order valence-corrected chi connectivity index (χ4v) is 2.34. The Morgan fingerprint density at radius 2 is 2.05 bits per heavy atom. The molecule has 0 N–H and O–H groups in total. The highest BCUT2D eigenvalue weighted by atomic mass is 35.5. The Kier molecular flexibility index (Phi) is 4.35. The van der Waals surface area contributed by atoms with Crippen molar-refractivity contribution in [2.24, 2.45) is 5.41 Å². The van der Waals surface area contributed by atoms with Crippen molar-refractivity contribution in [3.8, 4) is 6.07 Å². The third-order valence-electron chi connectivity index (χ3n) is 3.37. The molecule has 0 saturated heterocycles. The molecule has 0 aliphatic carbocycles. The fourth-order valence-electron chi connectivity index (χ4n) is 2.15. The molecule has 0 unspecified atom stereocenters. The van der Waals surface area contributed by atoms with Crippen molar-refractivity contribution in [1.29, 1.82) is 5.26 Å². The first kappa shape index (κ1) is 16.2. The first-order valence-electron chi connectivity index (χ1n) is 6.96. The maximum absolute atomic E-state index is 12.3. The molecule has 1 aromatic carbocycles. The van der Waals surface area contributed by atoms with E-state index in [-0.39, 0.29) is 16.5 Å². The van der Waals surface area contributed by atoms with Crippen LogP contribution in [0.5, 0.6) is 0 Å². The Labute approximate surface area is 135 Å². The van der Waals surface area contributed by atoms with Crippen molar-refractivity contribution < 1.29 is 4.79 Å². The van der Waals surface area contributed by atoms with Gasteiger partial charge in [-0.3, -0.25) is 4.79 Å². The second-order valence-corrected chi connectivity index (χ2v) is 6.62. The van der Waals surface area contributed by atoms with Crippen LogP contribution in [0.25, 0.3) is 17.0 Å². The molecule has 2 rings (SSSR count). The molecule has 2 aromatic rings. The van der Waals surface area contributed by atoms with Crippen molar-refractivity contribution in [2.45, 2.75) is 27.7 Å². The number of Topliss-reactive ketones (excluding diaryl/α,β-unsaturated/α-hetero) is 1. The SMILES string of the molecule is Cc1cccc2cc(/C=C(\C#N)C(=O)C(C)(C)C)c(Cl)nc12. The van der Waals surface area contributed by atoms with Gasteiger partial charge in [0.2, 0.25) is 0 Å². The molecule has 4 heteroatoms. The number of benzene rings is 1. The van der Waals surface area contributed by atoms with Gasteiger partial charge in [-0.25, -0.2) is 4.98 Å². The van der Waals surface area contributed by atoms with E-state index in [9.17, 15) is 10.1 Å². The number of fused-ring (bicyclic) bond motifs is 1. The lowest BCUT2D eigenvalue weighted by atomic mass is 9.86. The van der Waals surface area contributed by atoms with Gasteiger partial charge < -0.3 is 0 Å². The topological polar surface area (TPSA) is 53.8 Å². The maximum Gasteiger partial charge on any atom is 0.178 e. The van der Waals surface area contributed by atoms with Crippen LogP contribution in [0.3, 0.4) is 0 Å². The number of carbonyl (C=O) groups is 1. The summed E-state index contributed by atoms with van der Waals surface area (Å²) in [6, 6.07) is 9.65. The van der Waals surface area contributed by atoms with Gasteiger partial charge in [-0.2, -0.15) is 5.26 Å². The van der Waals surface area contributed by atoms with Crippen LogP contribution in [0.4, 0.5) is 0 Å². The van der Waals surface area contributed by atoms with Gasteiger partial charge in [0, 0.05) is 16.4 Å². The number of rotatable bonds is 2. The molecule has 0 saturated carbocycles. The van der Waals surface area contributed by atoms with Crippen LogP contribution < -0.4 is 0 Å². The van der Waals surface area contributed by atoms with Gasteiger partial charge in [0.05, 0.1) is 11.1 Å². The highest BCUT2D eigenvalue weighted by Gasteiger charge is 2.25. The number of aromatic nitrogens is 1. The van der Waals surface area contributed by atoms with Crippen LogP contribution in [-0.2, 0) is 4.79 Å². The average Bonchev–Trinajstić information content (AvgIpc) is 2.44. The summed E-state index contributed by atoms with van der Waals surface area (Å²) in [6.45, 7) is 7.31. The highest BCUT2D eigenvalue weighted by Crippen LogP contribution is 2.26. The average molecular weight is 313 g/mol. The molecule has 0 amide bonds. The summed E-state index contributed by atoms with van der Waals surface area (Å²) in [5, 5.41) is 10.5. The van der Waals surface area contributed by atoms with E-state index in [4.69, 9.17) is 11.6 Å². The number of allylic oxidation sites excluding steroid dienone is 1. The first-order chi connectivity index (χ1) is 10.2. The van der Waals surface area contributed by atoms with Crippen LogP contribution in [0.15, 0.2) is 29.8 Å². The summed E-state index contributed by atoms with van der Waals surface area (Å²) < 4.78 is 0. The predicted molar refractivity (Wildman–Crippen MR) is 89.5 cm³/mol. The number of pyridine rings is 1. The van der Waals surface area contributed by atoms with Crippen molar-refractivity contribution in [3.63, 3.8) is 0 Å². The van der Waals surface area contributed by atoms with Crippen LogP contribution in [0.1, 0.15) is 31.9 Å². The minimum absolute atomic E-state index is 0.0863. The zero-order chi connectivity index (χ0) is 16.5. The fraction of sp³-hybridized carbons (Fsp3) is 0.278. The molecule has 0 aliphatic heterocycles. The van der Waals surface area contributed by atoms with Crippen LogP contribution in [-0.4, -0.2) is 10.8 Å². The molecule has 112 valence electrons. The summed E-state index contributed by atoms with van der Waals surface area (Å²) >= 11 is 6.22. The zero-order valence-electron chi connectivity index (χ0n) is 13.1. The number of para-hydroxylation sites is 1. The largest absolute Gasteiger partial charge is 0.293 e. The molecule has 0 spiro atoms. The normalized spacial score (nSPS) is 12.3. The predicted octanol–water partition coefficient (Wildman–Crippen LogP) is 4.72. The van der Waals surface area contributed by atoms with Gasteiger partial charge in [-0.05, 0) is 24.6 Å². The van der Waals surface area contributed by atoms with E-state index in [2.05, 4.69) is 4.98 Å². The standard InChI is InChI=1S/C18H17ClN2O/c1-11-6-5-7-12-8-13(17(19)21-15(11)12)9-14(10-20)16(22)18(2,3)4/h5-9H,1-4H3/b14-9+. The first-order valence-corrected chi connectivity index (χ1v) is 7.34. The summed E-state index contributed by atoms with van der Waals surface area (Å²) in [4.78, 5) is 16.7. The van der Waals surface area contributed by atoms with E-state index in [0.29, 0.717) is 5.56 Å². The molecule has 1 aromatic heterocycles. The number of nitriles is 1.